The Kier molecular flexibility index (Phi) is 2.95. The van der Waals surface area contributed by atoms with Crippen molar-refractivity contribution in [2.75, 3.05) is 13.1 Å². The highest BCUT2D eigenvalue weighted by Gasteiger charge is 2.43. The fraction of sp³-hybridized carbons (Fsp3) is 0.833. The van der Waals surface area contributed by atoms with E-state index in [-0.39, 0.29) is 5.91 Å². The van der Waals surface area contributed by atoms with Crippen LogP contribution in [0.4, 0.5) is 0 Å². The molecule has 2 unspecified atom stereocenters. The van der Waals surface area contributed by atoms with Crippen molar-refractivity contribution in [2.45, 2.75) is 33.1 Å². The van der Waals surface area contributed by atoms with Gasteiger partial charge >= 0.3 is 0 Å². The molecule has 1 aliphatic heterocycles. The number of nitrogens with zero attached hydrogens (tertiary/aromatic N) is 1. The van der Waals surface area contributed by atoms with Crippen LogP contribution in [0, 0.1) is 17.3 Å². The maximum absolute atomic E-state index is 12.3. The number of carbonyl (C=O) groups is 1. The van der Waals surface area contributed by atoms with E-state index in [1.807, 2.05) is 18.7 Å². The number of amides is 1. The highest BCUT2D eigenvalue weighted by atomic mass is 32.1. The van der Waals surface area contributed by atoms with Gasteiger partial charge in [0.2, 0.25) is 5.91 Å². The van der Waals surface area contributed by atoms with E-state index in [1.165, 1.54) is 19.3 Å². The standard InChI is InChI=1S/C12H20N2OS/c1-12(2,10(13)16)11(15)14-6-8-4-3-5-9(8)7-14/h8-9H,3-7H2,1-2H3,(H2,13,16). The SMILES string of the molecule is CC(C)(C(=O)N1CC2CCCC2C1)C(N)=S. The lowest BCUT2D eigenvalue weighted by atomic mass is 9.91. The van der Waals surface area contributed by atoms with Gasteiger partial charge in [-0.1, -0.05) is 18.6 Å². The molecule has 4 heteroatoms. The second-order valence-electron chi connectivity index (χ2n) is 5.65. The molecule has 0 bridgehead atoms. The molecular formula is C12H20N2OS. The number of rotatable bonds is 2. The van der Waals surface area contributed by atoms with E-state index in [1.54, 1.807) is 0 Å². The van der Waals surface area contributed by atoms with Gasteiger partial charge in [-0.3, -0.25) is 4.79 Å². The van der Waals surface area contributed by atoms with Crippen molar-refractivity contribution >= 4 is 23.1 Å². The van der Waals surface area contributed by atoms with E-state index in [0.29, 0.717) is 4.99 Å². The molecule has 2 atom stereocenters. The lowest BCUT2D eigenvalue weighted by Crippen LogP contribution is -2.46. The predicted octanol–water partition coefficient (Wildman–Crippen LogP) is 1.56. The molecule has 1 saturated heterocycles. The Morgan fingerprint density at radius 1 is 1.31 bits per heavy atom. The summed E-state index contributed by atoms with van der Waals surface area (Å²) in [7, 11) is 0. The topological polar surface area (TPSA) is 46.3 Å². The average molecular weight is 240 g/mol. The first kappa shape index (κ1) is 11.8. The number of fused-ring (bicyclic) bond motifs is 1. The van der Waals surface area contributed by atoms with Gasteiger partial charge in [-0.15, -0.1) is 0 Å². The number of carbonyl (C=O) groups excluding carboxylic acids is 1. The molecule has 2 N–H and O–H groups in total. The van der Waals surface area contributed by atoms with Crippen LogP contribution in [0.5, 0.6) is 0 Å². The summed E-state index contributed by atoms with van der Waals surface area (Å²) in [6.45, 7) is 5.47. The largest absolute Gasteiger partial charge is 0.392 e. The maximum atomic E-state index is 12.3. The number of nitrogens with two attached hydrogens (primary N) is 1. The number of thiocarbonyl (C=S) groups is 1. The summed E-state index contributed by atoms with van der Waals surface area (Å²) in [5, 5.41) is 0. The van der Waals surface area contributed by atoms with Crippen LogP contribution in [0.25, 0.3) is 0 Å². The summed E-state index contributed by atoms with van der Waals surface area (Å²) in [5.41, 5.74) is 4.95. The molecule has 1 heterocycles. The Hall–Kier alpha value is -0.640. The lowest BCUT2D eigenvalue weighted by Gasteiger charge is -2.28. The molecule has 16 heavy (non-hydrogen) atoms. The quantitative estimate of drug-likeness (QED) is 0.745. The van der Waals surface area contributed by atoms with E-state index in [2.05, 4.69) is 0 Å². The molecule has 1 saturated carbocycles. The zero-order valence-electron chi connectivity index (χ0n) is 10.0. The zero-order valence-corrected chi connectivity index (χ0v) is 10.8. The Morgan fingerprint density at radius 2 is 1.81 bits per heavy atom. The molecule has 2 aliphatic rings. The first-order valence-electron chi connectivity index (χ1n) is 6.02. The van der Waals surface area contributed by atoms with Crippen LogP contribution in [0.2, 0.25) is 0 Å². The summed E-state index contributed by atoms with van der Waals surface area (Å²) in [6.07, 6.45) is 3.89. The van der Waals surface area contributed by atoms with Crippen molar-refractivity contribution in [1.82, 2.24) is 4.90 Å². The van der Waals surface area contributed by atoms with Crippen LogP contribution in [-0.2, 0) is 4.79 Å². The number of hydrogen-bond donors (Lipinski definition) is 1. The van der Waals surface area contributed by atoms with Gasteiger partial charge < -0.3 is 10.6 Å². The molecule has 1 amide bonds. The lowest BCUT2D eigenvalue weighted by molar-refractivity contribution is -0.136. The molecule has 0 aromatic heterocycles. The van der Waals surface area contributed by atoms with Crippen molar-refractivity contribution in [2.24, 2.45) is 23.0 Å². The summed E-state index contributed by atoms with van der Waals surface area (Å²) in [5.74, 6) is 1.56. The Bertz CT molecular complexity index is 315. The summed E-state index contributed by atoms with van der Waals surface area (Å²) < 4.78 is 0. The molecule has 2 rings (SSSR count). The third-order valence-corrected chi connectivity index (χ3v) is 4.67. The van der Waals surface area contributed by atoms with Crippen LogP contribution in [0.3, 0.4) is 0 Å². The van der Waals surface area contributed by atoms with Gasteiger partial charge in [0.05, 0.1) is 10.4 Å². The Balaban J connectivity index is 2.05. The molecule has 2 fully saturated rings. The van der Waals surface area contributed by atoms with Crippen LogP contribution in [-0.4, -0.2) is 28.9 Å². The Morgan fingerprint density at radius 3 is 2.25 bits per heavy atom. The molecule has 1 aliphatic carbocycles. The molecule has 3 nitrogen and oxygen atoms in total. The summed E-state index contributed by atoms with van der Waals surface area (Å²) in [4.78, 5) is 14.6. The fourth-order valence-electron chi connectivity index (χ4n) is 2.90. The van der Waals surface area contributed by atoms with Gasteiger partial charge in [-0.2, -0.15) is 0 Å². The van der Waals surface area contributed by atoms with Gasteiger partial charge in [0.1, 0.15) is 0 Å². The van der Waals surface area contributed by atoms with E-state index in [9.17, 15) is 4.79 Å². The van der Waals surface area contributed by atoms with Crippen LogP contribution < -0.4 is 5.73 Å². The van der Waals surface area contributed by atoms with Crippen molar-refractivity contribution in [1.29, 1.82) is 0 Å². The summed E-state index contributed by atoms with van der Waals surface area (Å²) >= 11 is 4.97. The minimum atomic E-state index is -0.687. The molecule has 90 valence electrons. The van der Waals surface area contributed by atoms with E-state index >= 15 is 0 Å². The molecule has 0 aromatic carbocycles. The monoisotopic (exact) mass is 240 g/mol. The first-order chi connectivity index (χ1) is 7.43. The second-order valence-corrected chi connectivity index (χ2v) is 6.09. The van der Waals surface area contributed by atoms with E-state index < -0.39 is 5.41 Å². The molecule has 0 aromatic rings. The molecule has 0 spiro atoms. The van der Waals surface area contributed by atoms with Crippen molar-refractivity contribution in [3.8, 4) is 0 Å². The molecule has 0 radical (unpaired) electrons. The van der Waals surface area contributed by atoms with Gasteiger partial charge in [-0.25, -0.2) is 0 Å². The fourth-order valence-corrected chi connectivity index (χ4v) is 2.99. The van der Waals surface area contributed by atoms with Gasteiger partial charge in [0.15, 0.2) is 0 Å². The smallest absolute Gasteiger partial charge is 0.235 e. The maximum Gasteiger partial charge on any atom is 0.235 e. The number of hydrogen-bond acceptors (Lipinski definition) is 2. The highest BCUT2D eigenvalue weighted by Crippen LogP contribution is 2.39. The van der Waals surface area contributed by atoms with Crippen molar-refractivity contribution < 1.29 is 4.79 Å². The van der Waals surface area contributed by atoms with Crippen LogP contribution in [0.1, 0.15) is 33.1 Å². The summed E-state index contributed by atoms with van der Waals surface area (Å²) in [6, 6.07) is 0. The van der Waals surface area contributed by atoms with Gasteiger partial charge in [0, 0.05) is 13.1 Å². The minimum absolute atomic E-state index is 0.106. The van der Waals surface area contributed by atoms with Crippen molar-refractivity contribution in [3.63, 3.8) is 0 Å². The Labute approximate surface area is 102 Å². The second kappa shape index (κ2) is 3.99. The normalized spacial score (nSPS) is 29.2. The van der Waals surface area contributed by atoms with Crippen LogP contribution in [0.15, 0.2) is 0 Å². The average Bonchev–Trinajstić information content (AvgIpc) is 2.74. The van der Waals surface area contributed by atoms with Gasteiger partial charge in [0.25, 0.3) is 0 Å². The third-order valence-electron chi connectivity index (χ3n) is 4.16. The van der Waals surface area contributed by atoms with Crippen LogP contribution >= 0.6 is 12.2 Å². The zero-order chi connectivity index (χ0) is 11.9. The van der Waals surface area contributed by atoms with E-state index in [4.69, 9.17) is 18.0 Å². The van der Waals surface area contributed by atoms with Gasteiger partial charge in [-0.05, 0) is 38.5 Å². The highest BCUT2D eigenvalue weighted by molar-refractivity contribution is 7.80. The van der Waals surface area contributed by atoms with E-state index in [0.717, 1.165) is 24.9 Å². The first-order valence-corrected chi connectivity index (χ1v) is 6.43. The molecular weight excluding hydrogens is 220 g/mol. The third kappa shape index (κ3) is 1.83. The predicted molar refractivity (Wildman–Crippen MR) is 68.0 cm³/mol. The number of likely N-dealkylation sites (tertiary alicyclic amines) is 1. The minimum Gasteiger partial charge on any atom is -0.392 e. The van der Waals surface area contributed by atoms with Crippen molar-refractivity contribution in [3.05, 3.63) is 0 Å².